The van der Waals surface area contributed by atoms with Crippen LogP contribution in [0.15, 0.2) is 65.6 Å². The Labute approximate surface area is 204 Å². The van der Waals surface area contributed by atoms with Gasteiger partial charge in [0.1, 0.15) is 5.52 Å². The third-order valence-corrected chi connectivity index (χ3v) is 8.66. The predicted molar refractivity (Wildman–Crippen MR) is 133 cm³/mol. The van der Waals surface area contributed by atoms with Gasteiger partial charge in [-0.05, 0) is 60.9 Å². The number of carbonyl (C=O) groups is 1. The molecule has 0 fully saturated rings. The van der Waals surface area contributed by atoms with Gasteiger partial charge in [0.15, 0.2) is 5.13 Å². The van der Waals surface area contributed by atoms with Crippen molar-refractivity contribution >= 4 is 71.5 Å². The molecule has 0 aliphatic carbocycles. The Hall–Kier alpha value is -2.65. The molecule has 1 aliphatic heterocycles. The Bertz CT molecular complexity index is 1480. The summed E-state index contributed by atoms with van der Waals surface area (Å²) in [5.74, 6) is -0.399. The van der Waals surface area contributed by atoms with Crippen LogP contribution < -0.4 is 9.62 Å². The lowest BCUT2D eigenvalue weighted by Gasteiger charge is -2.30. The highest BCUT2D eigenvalue weighted by molar-refractivity contribution is 7.92. The first-order chi connectivity index (χ1) is 15.8. The lowest BCUT2D eigenvalue weighted by atomic mass is 10.0. The number of benzene rings is 3. The third-order valence-electron chi connectivity index (χ3n) is 5.41. The highest BCUT2D eigenvalue weighted by Crippen LogP contribution is 2.34. The molecule has 10 heteroatoms. The van der Waals surface area contributed by atoms with Crippen LogP contribution in [-0.4, -0.2) is 25.9 Å². The Morgan fingerprint density at radius 3 is 2.61 bits per heavy atom. The molecule has 0 saturated heterocycles. The van der Waals surface area contributed by atoms with Crippen LogP contribution in [0.2, 0.25) is 10.0 Å². The molecule has 0 spiro atoms. The van der Waals surface area contributed by atoms with E-state index in [9.17, 15) is 13.2 Å². The van der Waals surface area contributed by atoms with E-state index in [4.69, 9.17) is 23.2 Å². The highest BCUT2D eigenvalue weighted by atomic mass is 35.5. The Kier molecular flexibility index (Phi) is 5.78. The number of amides is 1. The molecule has 0 bridgehead atoms. The topological polar surface area (TPSA) is 79.4 Å². The number of sulfonamides is 1. The van der Waals surface area contributed by atoms with Crippen molar-refractivity contribution in [3.63, 3.8) is 0 Å². The molecule has 6 nitrogen and oxygen atoms in total. The van der Waals surface area contributed by atoms with Gasteiger partial charge < -0.3 is 0 Å². The van der Waals surface area contributed by atoms with E-state index in [1.807, 2.05) is 24.3 Å². The van der Waals surface area contributed by atoms with Gasteiger partial charge in [-0.15, -0.1) is 0 Å². The number of para-hydroxylation sites is 1. The minimum absolute atomic E-state index is 0.136. The van der Waals surface area contributed by atoms with Crippen LogP contribution in [0.1, 0.15) is 22.3 Å². The van der Waals surface area contributed by atoms with E-state index < -0.39 is 15.9 Å². The number of nitrogens with one attached hydrogen (secondary N) is 1. The number of nitrogens with zero attached hydrogens (tertiary/aromatic N) is 2. The zero-order chi connectivity index (χ0) is 23.2. The van der Waals surface area contributed by atoms with Crippen LogP contribution in [0.4, 0.5) is 10.8 Å². The summed E-state index contributed by atoms with van der Waals surface area (Å²) in [4.78, 5) is 17.2. The lowest BCUT2D eigenvalue weighted by molar-refractivity contribution is 0.102. The van der Waals surface area contributed by atoms with E-state index in [0.717, 1.165) is 23.1 Å². The number of aryl methyl sites for hydroxylation is 1. The van der Waals surface area contributed by atoms with Gasteiger partial charge >= 0.3 is 0 Å². The van der Waals surface area contributed by atoms with Crippen molar-refractivity contribution in [1.29, 1.82) is 0 Å². The molecule has 4 aromatic rings. The number of hydrogen-bond donors (Lipinski definition) is 1. The van der Waals surface area contributed by atoms with Crippen LogP contribution in [0.5, 0.6) is 0 Å². The fourth-order valence-corrected chi connectivity index (χ4v) is 6.96. The molecule has 0 unspecified atom stereocenters. The maximum absolute atomic E-state index is 13.3. The number of halogens is 2. The molecule has 2 heterocycles. The number of thiazole rings is 1. The molecule has 1 aliphatic rings. The maximum atomic E-state index is 13.3. The first-order valence-electron chi connectivity index (χ1n) is 10.1. The van der Waals surface area contributed by atoms with Gasteiger partial charge in [0.05, 0.1) is 20.3 Å². The van der Waals surface area contributed by atoms with Gasteiger partial charge in [0, 0.05) is 17.1 Å². The Morgan fingerprint density at radius 1 is 1.06 bits per heavy atom. The van der Waals surface area contributed by atoms with E-state index >= 15 is 0 Å². The molecule has 0 radical (unpaired) electrons. The molecular weight excluding hydrogens is 501 g/mol. The van der Waals surface area contributed by atoms with Crippen LogP contribution >= 0.6 is 34.5 Å². The van der Waals surface area contributed by atoms with Gasteiger partial charge in [-0.1, -0.05) is 52.7 Å². The summed E-state index contributed by atoms with van der Waals surface area (Å²) in [5, 5.41) is 4.01. The largest absolute Gasteiger partial charge is 0.298 e. The summed E-state index contributed by atoms with van der Waals surface area (Å²) in [7, 11) is -3.74. The van der Waals surface area contributed by atoms with Crippen LogP contribution in [0.3, 0.4) is 0 Å². The second-order valence-corrected chi connectivity index (χ2v) is 11.3. The Balaban J connectivity index is 1.37. The number of fused-ring (bicyclic) bond motifs is 2. The van der Waals surface area contributed by atoms with Crippen molar-refractivity contribution in [2.45, 2.75) is 17.7 Å². The summed E-state index contributed by atoms with van der Waals surface area (Å²) in [6.45, 7) is 0.422. The monoisotopic (exact) mass is 517 g/mol. The summed E-state index contributed by atoms with van der Waals surface area (Å²) in [6.07, 6.45) is 1.61. The molecule has 33 heavy (non-hydrogen) atoms. The van der Waals surface area contributed by atoms with E-state index in [0.29, 0.717) is 38.5 Å². The number of aromatic nitrogens is 1. The average molecular weight is 518 g/mol. The second-order valence-electron chi connectivity index (χ2n) is 7.54. The molecule has 1 amide bonds. The SMILES string of the molecule is O=C(Nc1nc2c(Cl)cc(Cl)cc2s1)c1ccc(S(=O)(=O)N2CCCc3ccccc32)cc1. The molecule has 0 atom stereocenters. The van der Waals surface area contributed by atoms with Crippen molar-refractivity contribution in [2.24, 2.45) is 0 Å². The number of hydrogen-bond acceptors (Lipinski definition) is 5. The molecule has 1 aromatic heterocycles. The quantitative estimate of drug-likeness (QED) is 0.360. The fraction of sp³-hybridized carbons (Fsp3) is 0.130. The fourth-order valence-electron chi connectivity index (χ4n) is 3.83. The van der Waals surface area contributed by atoms with Gasteiger partial charge in [-0.2, -0.15) is 0 Å². The highest BCUT2D eigenvalue weighted by Gasteiger charge is 2.29. The number of rotatable bonds is 4. The summed E-state index contributed by atoms with van der Waals surface area (Å²) >= 11 is 13.4. The second kappa shape index (κ2) is 8.61. The zero-order valence-corrected chi connectivity index (χ0v) is 20.2. The minimum atomic E-state index is -3.74. The van der Waals surface area contributed by atoms with E-state index in [1.165, 1.54) is 39.9 Å². The summed E-state index contributed by atoms with van der Waals surface area (Å²) in [5.41, 5.74) is 2.60. The first kappa shape index (κ1) is 22.2. The molecule has 5 rings (SSSR count). The van der Waals surface area contributed by atoms with E-state index in [1.54, 1.807) is 12.1 Å². The number of anilines is 2. The van der Waals surface area contributed by atoms with Gasteiger partial charge in [-0.25, -0.2) is 13.4 Å². The standard InChI is InChI=1S/C23H17Cl2N3O3S2/c24-16-12-18(25)21-20(13-16)32-23(26-21)27-22(29)15-7-9-17(10-8-15)33(30,31)28-11-3-5-14-4-1-2-6-19(14)28/h1-2,4,6-10,12-13H,3,5,11H2,(H,26,27,29). The average Bonchev–Trinajstić information content (AvgIpc) is 3.21. The normalized spacial score (nSPS) is 13.7. The molecule has 1 N–H and O–H groups in total. The molecule has 0 saturated carbocycles. The van der Waals surface area contributed by atoms with E-state index in [2.05, 4.69) is 10.3 Å². The van der Waals surface area contributed by atoms with Crippen LogP contribution in [0.25, 0.3) is 10.2 Å². The van der Waals surface area contributed by atoms with Crippen molar-refractivity contribution < 1.29 is 13.2 Å². The summed E-state index contributed by atoms with van der Waals surface area (Å²) < 4.78 is 28.7. The van der Waals surface area contributed by atoms with Gasteiger partial charge in [0.2, 0.25) is 0 Å². The minimum Gasteiger partial charge on any atom is -0.298 e. The Morgan fingerprint density at radius 2 is 1.82 bits per heavy atom. The third kappa shape index (κ3) is 4.19. The van der Waals surface area contributed by atoms with Crippen LogP contribution in [-0.2, 0) is 16.4 Å². The first-order valence-corrected chi connectivity index (χ1v) is 13.1. The zero-order valence-electron chi connectivity index (χ0n) is 17.1. The lowest BCUT2D eigenvalue weighted by Crippen LogP contribution is -2.35. The predicted octanol–water partition coefficient (Wildman–Crippen LogP) is 6.00. The molecular formula is C23H17Cl2N3O3S2. The van der Waals surface area contributed by atoms with Crippen molar-refractivity contribution in [2.75, 3.05) is 16.2 Å². The van der Waals surface area contributed by atoms with Crippen molar-refractivity contribution in [3.8, 4) is 0 Å². The summed E-state index contributed by atoms with van der Waals surface area (Å²) in [6, 6.07) is 16.8. The van der Waals surface area contributed by atoms with Crippen molar-refractivity contribution in [3.05, 3.63) is 81.8 Å². The molecule has 3 aromatic carbocycles. The molecule has 168 valence electrons. The maximum Gasteiger partial charge on any atom is 0.264 e. The van der Waals surface area contributed by atoms with E-state index in [-0.39, 0.29) is 4.90 Å². The van der Waals surface area contributed by atoms with Gasteiger partial charge in [0.25, 0.3) is 15.9 Å². The van der Waals surface area contributed by atoms with Gasteiger partial charge in [-0.3, -0.25) is 14.4 Å². The van der Waals surface area contributed by atoms with Crippen LogP contribution in [0, 0.1) is 0 Å². The number of carbonyl (C=O) groups excluding carboxylic acids is 1. The van der Waals surface area contributed by atoms with Crippen molar-refractivity contribution in [1.82, 2.24) is 4.98 Å². The smallest absolute Gasteiger partial charge is 0.264 e.